The maximum atomic E-state index is 13.0. The largest absolute Gasteiger partial charge is 0.368 e. The summed E-state index contributed by atoms with van der Waals surface area (Å²) < 4.78 is 14.4. The lowest BCUT2D eigenvalue weighted by Crippen LogP contribution is -2.48. The van der Waals surface area contributed by atoms with Gasteiger partial charge in [-0.25, -0.2) is 9.37 Å². The molecule has 1 saturated heterocycles. The summed E-state index contributed by atoms with van der Waals surface area (Å²) >= 11 is 0. The van der Waals surface area contributed by atoms with Crippen LogP contribution in [0.2, 0.25) is 0 Å². The normalized spacial score (nSPS) is 14.1. The Morgan fingerprint density at radius 2 is 1.75 bits per heavy atom. The zero-order valence-electron chi connectivity index (χ0n) is 18.0. The van der Waals surface area contributed by atoms with Crippen LogP contribution in [-0.4, -0.2) is 52.3 Å². The molecule has 32 heavy (non-hydrogen) atoms. The van der Waals surface area contributed by atoms with Crippen LogP contribution in [0.1, 0.15) is 18.9 Å². The van der Waals surface area contributed by atoms with Crippen molar-refractivity contribution < 1.29 is 14.0 Å². The van der Waals surface area contributed by atoms with Gasteiger partial charge >= 0.3 is 0 Å². The highest BCUT2D eigenvalue weighted by molar-refractivity contribution is 5.83. The van der Waals surface area contributed by atoms with Gasteiger partial charge in [0.2, 0.25) is 5.91 Å². The number of rotatable bonds is 6. The van der Waals surface area contributed by atoms with E-state index < -0.39 is 0 Å². The second-order valence-corrected chi connectivity index (χ2v) is 8.04. The van der Waals surface area contributed by atoms with Gasteiger partial charge in [0.05, 0.1) is 23.8 Å². The Hall–Kier alpha value is -3.55. The molecule has 3 aromatic rings. The number of hydrogen-bond donors (Lipinski definition) is 0. The maximum absolute atomic E-state index is 13.0. The molecule has 4 rings (SSSR count). The smallest absolute Gasteiger partial charge is 0.261 e. The first-order valence-electron chi connectivity index (χ1n) is 10.7. The quantitative estimate of drug-likeness (QED) is 0.593. The number of piperazine rings is 1. The molecule has 8 heteroatoms. The van der Waals surface area contributed by atoms with Crippen LogP contribution in [0.3, 0.4) is 0 Å². The highest BCUT2D eigenvalue weighted by Gasteiger charge is 2.19. The standard InChI is InChI=1S/C24H25FN4O3/c1-17(30)27-10-12-28(13-11-27)20-7-9-23-22(14-20)24(32)29(16-26-23)15-21(31)8-4-18-2-5-19(25)6-3-18/h2-3,5-7,9,14,16H,4,8,10-13,15H2,1H3. The van der Waals surface area contributed by atoms with Gasteiger partial charge in [-0.2, -0.15) is 0 Å². The average Bonchev–Trinajstić information content (AvgIpc) is 2.80. The number of fused-ring (bicyclic) bond motifs is 1. The molecule has 1 aromatic heterocycles. The van der Waals surface area contributed by atoms with Gasteiger partial charge in [-0.15, -0.1) is 0 Å². The van der Waals surface area contributed by atoms with Crippen molar-refractivity contribution in [2.75, 3.05) is 31.1 Å². The lowest BCUT2D eigenvalue weighted by atomic mass is 10.1. The summed E-state index contributed by atoms with van der Waals surface area (Å²) in [5.74, 6) is -0.331. The molecule has 1 fully saturated rings. The number of halogens is 1. The van der Waals surface area contributed by atoms with Crippen molar-refractivity contribution in [1.82, 2.24) is 14.5 Å². The van der Waals surface area contributed by atoms with Crippen LogP contribution in [0.25, 0.3) is 10.9 Å². The second-order valence-electron chi connectivity index (χ2n) is 8.04. The molecule has 1 aliphatic heterocycles. The van der Waals surface area contributed by atoms with Gasteiger partial charge in [0.25, 0.3) is 5.56 Å². The van der Waals surface area contributed by atoms with Crippen molar-refractivity contribution in [3.05, 3.63) is 70.5 Å². The average molecular weight is 436 g/mol. The van der Waals surface area contributed by atoms with E-state index in [2.05, 4.69) is 9.88 Å². The number of anilines is 1. The van der Waals surface area contributed by atoms with E-state index in [1.54, 1.807) is 19.1 Å². The predicted molar refractivity (Wildman–Crippen MR) is 120 cm³/mol. The maximum Gasteiger partial charge on any atom is 0.261 e. The fraction of sp³-hybridized carbons (Fsp3) is 0.333. The number of aromatic nitrogens is 2. The summed E-state index contributed by atoms with van der Waals surface area (Å²) in [6.07, 6.45) is 2.16. The minimum Gasteiger partial charge on any atom is -0.368 e. The van der Waals surface area contributed by atoms with Crippen LogP contribution in [0.5, 0.6) is 0 Å². The first-order valence-corrected chi connectivity index (χ1v) is 10.7. The van der Waals surface area contributed by atoms with Crippen molar-refractivity contribution >= 4 is 28.3 Å². The zero-order valence-corrected chi connectivity index (χ0v) is 18.0. The van der Waals surface area contributed by atoms with Gasteiger partial charge in [-0.05, 0) is 42.3 Å². The van der Waals surface area contributed by atoms with Gasteiger partial charge in [0, 0.05) is 45.2 Å². The van der Waals surface area contributed by atoms with Gasteiger partial charge in [-0.1, -0.05) is 12.1 Å². The van der Waals surface area contributed by atoms with E-state index in [1.807, 2.05) is 23.1 Å². The fourth-order valence-corrected chi connectivity index (χ4v) is 3.94. The Labute approximate surface area is 185 Å². The van der Waals surface area contributed by atoms with Gasteiger partial charge in [-0.3, -0.25) is 19.0 Å². The molecule has 7 nitrogen and oxygen atoms in total. The third-order valence-corrected chi connectivity index (χ3v) is 5.85. The predicted octanol–water partition coefficient (Wildman–Crippen LogP) is 2.41. The van der Waals surface area contributed by atoms with Crippen molar-refractivity contribution in [3.8, 4) is 0 Å². The number of benzene rings is 2. The van der Waals surface area contributed by atoms with Gasteiger partial charge in [0.15, 0.2) is 5.78 Å². The number of Topliss-reactive ketones (excluding diaryl/α,β-unsaturated/α-hetero) is 1. The number of amides is 1. The molecule has 166 valence electrons. The molecule has 2 heterocycles. The van der Waals surface area contributed by atoms with E-state index in [-0.39, 0.29) is 36.0 Å². The number of nitrogens with zero attached hydrogens (tertiary/aromatic N) is 4. The Kier molecular flexibility index (Phi) is 6.30. The molecule has 0 N–H and O–H groups in total. The summed E-state index contributed by atoms with van der Waals surface area (Å²) in [5.41, 5.74) is 2.10. The highest BCUT2D eigenvalue weighted by atomic mass is 19.1. The molecule has 0 radical (unpaired) electrons. The molecular formula is C24H25FN4O3. The summed E-state index contributed by atoms with van der Waals surface area (Å²) in [5, 5.41) is 0.463. The summed E-state index contributed by atoms with van der Waals surface area (Å²) in [4.78, 5) is 45.3. The molecule has 1 amide bonds. The minimum absolute atomic E-state index is 0.0511. The summed E-state index contributed by atoms with van der Waals surface area (Å²) in [6, 6.07) is 11.6. The van der Waals surface area contributed by atoms with Crippen molar-refractivity contribution in [1.29, 1.82) is 0 Å². The molecule has 0 unspecified atom stereocenters. The topological polar surface area (TPSA) is 75.5 Å². The van der Waals surface area contributed by atoms with Crippen LogP contribution in [0, 0.1) is 5.82 Å². The molecule has 0 atom stereocenters. The lowest BCUT2D eigenvalue weighted by Gasteiger charge is -2.35. The van der Waals surface area contributed by atoms with Crippen molar-refractivity contribution in [3.63, 3.8) is 0 Å². The number of carbonyl (C=O) groups excluding carboxylic acids is 2. The SMILES string of the molecule is CC(=O)N1CCN(c2ccc3ncn(CC(=O)CCc4ccc(F)cc4)c(=O)c3c2)CC1. The molecule has 0 spiro atoms. The van der Waals surface area contributed by atoms with Crippen molar-refractivity contribution in [2.24, 2.45) is 0 Å². The highest BCUT2D eigenvalue weighted by Crippen LogP contribution is 2.20. The van der Waals surface area contributed by atoms with Crippen LogP contribution in [0.15, 0.2) is 53.6 Å². The van der Waals surface area contributed by atoms with Gasteiger partial charge in [0.1, 0.15) is 5.82 Å². The number of ketones is 1. The number of carbonyl (C=O) groups is 2. The monoisotopic (exact) mass is 436 g/mol. The third kappa shape index (κ3) is 4.85. The molecule has 0 saturated carbocycles. The molecular weight excluding hydrogens is 411 g/mol. The van der Waals surface area contributed by atoms with Gasteiger partial charge < -0.3 is 9.80 Å². The molecule has 0 aliphatic carbocycles. The third-order valence-electron chi connectivity index (χ3n) is 5.85. The lowest BCUT2D eigenvalue weighted by molar-refractivity contribution is -0.129. The van der Waals surface area contributed by atoms with E-state index in [1.165, 1.54) is 23.0 Å². The van der Waals surface area contributed by atoms with Crippen LogP contribution in [-0.2, 0) is 22.6 Å². The van der Waals surface area contributed by atoms with Crippen LogP contribution < -0.4 is 10.5 Å². The van der Waals surface area contributed by atoms with E-state index >= 15 is 0 Å². The summed E-state index contributed by atoms with van der Waals surface area (Å²) in [7, 11) is 0. The first kappa shape index (κ1) is 21.7. The van der Waals surface area contributed by atoms with E-state index in [0.29, 0.717) is 43.5 Å². The zero-order chi connectivity index (χ0) is 22.7. The van der Waals surface area contributed by atoms with E-state index in [0.717, 1.165) is 11.3 Å². The van der Waals surface area contributed by atoms with Crippen molar-refractivity contribution in [2.45, 2.75) is 26.3 Å². The molecule has 2 aromatic carbocycles. The van der Waals surface area contributed by atoms with E-state index in [9.17, 15) is 18.8 Å². The number of aryl methyl sites for hydroxylation is 1. The summed E-state index contributed by atoms with van der Waals surface area (Å²) in [6.45, 7) is 4.20. The fourth-order valence-electron chi connectivity index (χ4n) is 3.94. The van der Waals surface area contributed by atoms with Crippen LogP contribution >= 0.6 is 0 Å². The Bertz CT molecular complexity index is 1200. The first-order chi connectivity index (χ1) is 15.4. The van der Waals surface area contributed by atoms with Crippen LogP contribution in [0.4, 0.5) is 10.1 Å². The Morgan fingerprint density at radius 3 is 2.44 bits per heavy atom. The number of hydrogen-bond acceptors (Lipinski definition) is 5. The molecule has 1 aliphatic rings. The molecule has 0 bridgehead atoms. The Morgan fingerprint density at radius 1 is 1.03 bits per heavy atom. The minimum atomic E-state index is -0.311. The second kappa shape index (κ2) is 9.30. The Balaban J connectivity index is 1.46. The van der Waals surface area contributed by atoms with E-state index in [4.69, 9.17) is 0 Å².